The SMILES string of the molecule is Cc1nn(-c2ccccc2)c2c1C(C)N(C1CN(C(=O)c3ccc(C(F)(F)F)cc3)C1)C2=O. The highest BCUT2D eigenvalue weighted by Crippen LogP contribution is 2.40. The number of fused-ring (bicyclic) bond motifs is 1. The molecule has 170 valence electrons. The molecule has 0 saturated carbocycles. The fourth-order valence-electron chi connectivity index (χ4n) is 4.70. The van der Waals surface area contributed by atoms with Gasteiger partial charge in [0.2, 0.25) is 0 Å². The Bertz CT molecular complexity index is 1230. The monoisotopic (exact) mass is 454 g/mol. The zero-order valence-corrected chi connectivity index (χ0v) is 18.0. The van der Waals surface area contributed by atoms with Crippen LogP contribution in [0.15, 0.2) is 54.6 Å². The molecular formula is C24H21F3N4O2. The summed E-state index contributed by atoms with van der Waals surface area (Å²) in [6.07, 6.45) is -4.45. The lowest BCUT2D eigenvalue weighted by atomic mass is 10.0. The van der Waals surface area contributed by atoms with E-state index in [0.717, 1.165) is 29.1 Å². The van der Waals surface area contributed by atoms with E-state index in [4.69, 9.17) is 0 Å². The molecule has 3 aromatic rings. The van der Waals surface area contributed by atoms with Gasteiger partial charge < -0.3 is 9.80 Å². The van der Waals surface area contributed by atoms with Gasteiger partial charge in [0.05, 0.1) is 29.0 Å². The Kier molecular flexibility index (Phi) is 4.81. The van der Waals surface area contributed by atoms with Crippen LogP contribution in [0.4, 0.5) is 13.2 Å². The highest BCUT2D eigenvalue weighted by atomic mass is 19.4. The van der Waals surface area contributed by atoms with Crippen LogP contribution >= 0.6 is 0 Å². The van der Waals surface area contributed by atoms with Gasteiger partial charge >= 0.3 is 6.18 Å². The quantitative estimate of drug-likeness (QED) is 0.595. The molecule has 0 bridgehead atoms. The van der Waals surface area contributed by atoms with E-state index in [-0.39, 0.29) is 29.5 Å². The van der Waals surface area contributed by atoms with Crippen molar-refractivity contribution in [3.8, 4) is 5.69 Å². The highest BCUT2D eigenvalue weighted by Gasteiger charge is 2.47. The van der Waals surface area contributed by atoms with Gasteiger partial charge in [-0.05, 0) is 50.2 Å². The maximum absolute atomic E-state index is 13.4. The number of aryl methyl sites for hydroxylation is 1. The van der Waals surface area contributed by atoms with Gasteiger partial charge in [-0.2, -0.15) is 18.3 Å². The molecule has 0 radical (unpaired) electrons. The first-order valence-corrected chi connectivity index (χ1v) is 10.6. The number of benzene rings is 2. The molecule has 1 unspecified atom stereocenters. The van der Waals surface area contributed by atoms with E-state index in [1.54, 1.807) is 14.5 Å². The van der Waals surface area contributed by atoms with E-state index in [9.17, 15) is 22.8 Å². The number of rotatable bonds is 3. The van der Waals surface area contributed by atoms with Crippen molar-refractivity contribution >= 4 is 11.8 Å². The Hall–Kier alpha value is -3.62. The van der Waals surface area contributed by atoms with E-state index in [1.165, 1.54) is 12.1 Å². The average Bonchev–Trinajstić information content (AvgIpc) is 3.23. The molecule has 1 aromatic heterocycles. The Balaban J connectivity index is 1.32. The van der Waals surface area contributed by atoms with Crippen LogP contribution in [0.3, 0.4) is 0 Å². The molecule has 0 aliphatic carbocycles. The minimum atomic E-state index is -4.45. The third-order valence-electron chi connectivity index (χ3n) is 6.38. The van der Waals surface area contributed by atoms with Gasteiger partial charge in [0.15, 0.2) is 0 Å². The normalized spacial score (nSPS) is 18.5. The first-order valence-electron chi connectivity index (χ1n) is 10.6. The van der Waals surface area contributed by atoms with Crippen molar-refractivity contribution in [3.05, 3.63) is 82.7 Å². The Morgan fingerprint density at radius 2 is 1.67 bits per heavy atom. The lowest BCUT2D eigenvalue weighted by molar-refractivity contribution is -0.137. The van der Waals surface area contributed by atoms with Crippen molar-refractivity contribution in [3.63, 3.8) is 0 Å². The van der Waals surface area contributed by atoms with Gasteiger partial charge in [-0.25, -0.2) is 4.68 Å². The number of carbonyl (C=O) groups is 2. The largest absolute Gasteiger partial charge is 0.416 e. The third kappa shape index (κ3) is 3.39. The summed E-state index contributed by atoms with van der Waals surface area (Å²) in [6.45, 7) is 4.50. The van der Waals surface area contributed by atoms with Crippen LogP contribution in [-0.4, -0.2) is 50.5 Å². The van der Waals surface area contributed by atoms with Crippen LogP contribution in [0.5, 0.6) is 0 Å². The third-order valence-corrected chi connectivity index (χ3v) is 6.38. The second-order valence-corrected chi connectivity index (χ2v) is 8.42. The molecule has 33 heavy (non-hydrogen) atoms. The zero-order chi connectivity index (χ0) is 23.5. The summed E-state index contributed by atoms with van der Waals surface area (Å²) >= 11 is 0. The Morgan fingerprint density at radius 1 is 1.03 bits per heavy atom. The number of nitrogens with zero attached hydrogens (tertiary/aromatic N) is 4. The summed E-state index contributed by atoms with van der Waals surface area (Å²) < 4.78 is 40.0. The van der Waals surface area contributed by atoms with Crippen molar-refractivity contribution in [2.45, 2.75) is 32.1 Å². The molecule has 3 heterocycles. The van der Waals surface area contributed by atoms with E-state index >= 15 is 0 Å². The number of halogens is 3. The summed E-state index contributed by atoms with van der Waals surface area (Å²) in [5, 5.41) is 4.57. The fraction of sp³-hybridized carbons (Fsp3) is 0.292. The molecule has 2 amide bonds. The van der Waals surface area contributed by atoms with E-state index in [1.807, 2.05) is 44.2 Å². The van der Waals surface area contributed by atoms with Crippen molar-refractivity contribution in [2.24, 2.45) is 0 Å². The average molecular weight is 454 g/mol. The topological polar surface area (TPSA) is 58.4 Å². The predicted molar refractivity (Wildman–Crippen MR) is 114 cm³/mol. The van der Waals surface area contributed by atoms with Crippen LogP contribution in [0.2, 0.25) is 0 Å². The molecule has 1 saturated heterocycles. The van der Waals surface area contributed by atoms with Gasteiger partial charge in [0.25, 0.3) is 11.8 Å². The highest BCUT2D eigenvalue weighted by molar-refractivity contribution is 5.99. The second-order valence-electron chi connectivity index (χ2n) is 8.42. The lowest BCUT2D eigenvalue weighted by Gasteiger charge is -2.45. The summed E-state index contributed by atoms with van der Waals surface area (Å²) in [4.78, 5) is 29.4. The maximum Gasteiger partial charge on any atom is 0.416 e. The smallest absolute Gasteiger partial charge is 0.334 e. The summed E-state index contributed by atoms with van der Waals surface area (Å²) in [6, 6.07) is 13.3. The summed E-state index contributed by atoms with van der Waals surface area (Å²) in [7, 11) is 0. The van der Waals surface area contributed by atoms with Crippen LogP contribution in [0.25, 0.3) is 5.69 Å². The predicted octanol–water partition coefficient (Wildman–Crippen LogP) is 4.24. The Labute approximate surface area is 188 Å². The molecule has 0 N–H and O–H groups in total. The van der Waals surface area contributed by atoms with Gasteiger partial charge in [-0.15, -0.1) is 0 Å². The van der Waals surface area contributed by atoms with Crippen molar-refractivity contribution < 1.29 is 22.8 Å². The molecule has 1 atom stereocenters. The van der Waals surface area contributed by atoms with Gasteiger partial charge in [0, 0.05) is 24.2 Å². The van der Waals surface area contributed by atoms with E-state index in [0.29, 0.717) is 18.8 Å². The van der Waals surface area contributed by atoms with Crippen molar-refractivity contribution in [1.29, 1.82) is 0 Å². The van der Waals surface area contributed by atoms with Crippen LogP contribution in [0.1, 0.15) is 50.6 Å². The number of para-hydroxylation sites is 1. The van der Waals surface area contributed by atoms with E-state index in [2.05, 4.69) is 5.10 Å². The van der Waals surface area contributed by atoms with Crippen LogP contribution < -0.4 is 0 Å². The zero-order valence-electron chi connectivity index (χ0n) is 18.0. The minimum absolute atomic E-state index is 0.131. The van der Waals surface area contributed by atoms with Crippen LogP contribution in [-0.2, 0) is 6.18 Å². The molecule has 6 nitrogen and oxygen atoms in total. The lowest BCUT2D eigenvalue weighted by Crippen LogP contribution is -2.61. The molecule has 1 fully saturated rings. The minimum Gasteiger partial charge on any atom is -0.334 e. The molecular weight excluding hydrogens is 433 g/mol. The standard InChI is InChI=1S/C24H21F3N4O2/c1-14-20-15(2)30(23(33)21(20)31(28-14)18-6-4-3-5-7-18)19-12-29(13-19)22(32)16-8-10-17(11-9-16)24(25,26)27/h3-11,15,19H,12-13H2,1-2H3. The first kappa shape index (κ1) is 21.2. The molecule has 0 spiro atoms. The molecule has 2 aliphatic rings. The number of amides is 2. The molecule has 9 heteroatoms. The van der Waals surface area contributed by atoms with E-state index < -0.39 is 11.7 Å². The van der Waals surface area contributed by atoms with Gasteiger partial charge in [-0.3, -0.25) is 9.59 Å². The van der Waals surface area contributed by atoms with Crippen LogP contribution in [0, 0.1) is 6.92 Å². The number of carbonyl (C=O) groups excluding carboxylic acids is 2. The Morgan fingerprint density at radius 3 is 2.27 bits per heavy atom. The molecule has 2 aliphatic heterocycles. The molecule has 2 aromatic carbocycles. The van der Waals surface area contributed by atoms with Gasteiger partial charge in [-0.1, -0.05) is 18.2 Å². The maximum atomic E-state index is 13.4. The molecule has 5 rings (SSSR count). The second kappa shape index (κ2) is 7.47. The van der Waals surface area contributed by atoms with Crippen molar-refractivity contribution in [1.82, 2.24) is 19.6 Å². The number of alkyl halides is 3. The number of aromatic nitrogens is 2. The number of hydrogen-bond acceptors (Lipinski definition) is 3. The summed E-state index contributed by atoms with van der Waals surface area (Å²) in [5.41, 5.74) is 2.42. The van der Waals surface area contributed by atoms with Crippen molar-refractivity contribution in [2.75, 3.05) is 13.1 Å². The number of hydrogen-bond donors (Lipinski definition) is 0. The number of likely N-dealkylation sites (tertiary alicyclic amines) is 1. The van der Waals surface area contributed by atoms with Gasteiger partial charge in [0.1, 0.15) is 5.69 Å². The summed E-state index contributed by atoms with van der Waals surface area (Å²) in [5.74, 6) is -0.475. The fourth-order valence-corrected chi connectivity index (χ4v) is 4.70. The first-order chi connectivity index (χ1) is 15.7.